The van der Waals surface area contributed by atoms with E-state index in [0.717, 1.165) is 30.1 Å². The molecule has 7 unspecified atom stereocenters. The van der Waals surface area contributed by atoms with Crippen molar-refractivity contribution >= 4 is 0 Å². The van der Waals surface area contributed by atoms with Gasteiger partial charge in [0.1, 0.15) is 0 Å². The summed E-state index contributed by atoms with van der Waals surface area (Å²) in [5.74, 6) is 3.87. The summed E-state index contributed by atoms with van der Waals surface area (Å²) in [5, 5.41) is 21.3. The van der Waals surface area contributed by atoms with Crippen LogP contribution in [0, 0.1) is 35.5 Å². The van der Waals surface area contributed by atoms with Gasteiger partial charge in [-0.2, -0.15) is 0 Å². The molecule has 4 fully saturated rings. The van der Waals surface area contributed by atoms with Gasteiger partial charge in [-0.15, -0.1) is 0 Å². The highest BCUT2D eigenvalue weighted by atomic mass is 16.3. The monoisotopic (exact) mass is 264 g/mol. The molecular formula is C17H28O2. The average molecular weight is 264 g/mol. The second kappa shape index (κ2) is 4.73. The lowest BCUT2D eigenvalue weighted by Gasteiger charge is -2.55. The Labute approximate surface area is 116 Å². The van der Waals surface area contributed by atoms with E-state index in [1.807, 2.05) is 0 Å². The van der Waals surface area contributed by atoms with Crippen molar-refractivity contribution in [3.05, 3.63) is 0 Å². The Hall–Kier alpha value is -0.0800. The third kappa shape index (κ3) is 1.82. The lowest BCUT2D eigenvalue weighted by atomic mass is 9.52. The molecular weight excluding hydrogens is 236 g/mol. The van der Waals surface area contributed by atoms with Crippen LogP contribution in [0.1, 0.15) is 57.8 Å². The largest absolute Gasteiger partial charge is 0.390 e. The predicted octanol–water partition coefficient (Wildman–Crippen LogP) is 2.97. The molecule has 2 heteroatoms. The minimum Gasteiger partial charge on any atom is -0.390 e. The van der Waals surface area contributed by atoms with Crippen molar-refractivity contribution in [3.63, 3.8) is 0 Å². The number of aliphatic hydroxyl groups is 2. The maximum absolute atomic E-state index is 10.7. The Bertz CT molecular complexity index is 342. The summed E-state index contributed by atoms with van der Waals surface area (Å²) in [6.45, 7) is 0. The first-order valence-corrected chi connectivity index (χ1v) is 8.63. The highest BCUT2D eigenvalue weighted by molar-refractivity contribution is 5.04. The van der Waals surface area contributed by atoms with Gasteiger partial charge < -0.3 is 10.2 Å². The summed E-state index contributed by atoms with van der Waals surface area (Å²) in [5.41, 5.74) is 0. The average Bonchev–Trinajstić information content (AvgIpc) is 2.92. The maximum Gasteiger partial charge on any atom is 0.0835 e. The summed E-state index contributed by atoms with van der Waals surface area (Å²) in [6.07, 6.45) is 11.0. The fraction of sp³-hybridized carbons (Fsp3) is 1.00. The van der Waals surface area contributed by atoms with Crippen LogP contribution in [0.5, 0.6) is 0 Å². The van der Waals surface area contributed by atoms with Gasteiger partial charge in [0.2, 0.25) is 0 Å². The van der Waals surface area contributed by atoms with E-state index in [1.165, 1.54) is 51.4 Å². The van der Waals surface area contributed by atoms with Gasteiger partial charge in [0.15, 0.2) is 0 Å². The Balaban J connectivity index is 1.65. The summed E-state index contributed by atoms with van der Waals surface area (Å²) in [4.78, 5) is 0. The van der Waals surface area contributed by atoms with Crippen LogP contribution in [0.3, 0.4) is 0 Å². The lowest BCUT2D eigenvalue weighted by molar-refractivity contribution is -0.167. The van der Waals surface area contributed by atoms with Crippen LogP contribution in [0.15, 0.2) is 0 Å². The van der Waals surface area contributed by atoms with E-state index in [-0.39, 0.29) is 0 Å². The van der Waals surface area contributed by atoms with Crippen LogP contribution < -0.4 is 0 Å². The quantitative estimate of drug-likeness (QED) is 0.706. The zero-order valence-corrected chi connectivity index (χ0v) is 11.9. The molecule has 4 aliphatic carbocycles. The van der Waals surface area contributed by atoms with Gasteiger partial charge in [-0.05, 0) is 67.6 Å². The van der Waals surface area contributed by atoms with Gasteiger partial charge in [-0.3, -0.25) is 0 Å². The fourth-order valence-corrected chi connectivity index (χ4v) is 6.48. The lowest BCUT2D eigenvalue weighted by Crippen LogP contribution is -2.57. The van der Waals surface area contributed by atoms with Gasteiger partial charge in [-0.1, -0.05) is 25.7 Å². The molecule has 2 nitrogen and oxygen atoms in total. The molecule has 0 saturated heterocycles. The first kappa shape index (κ1) is 12.6. The van der Waals surface area contributed by atoms with E-state index >= 15 is 0 Å². The Morgan fingerprint density at radius 1 is 0.526 bits per heavy atom. The second-order valence-corrected chi connectivity index (χ2v) is 7.77. The van der Waals surface area contributed by atoms with Crippen molar-refractivity contribution in [1.29, 1.82) is 0 Å². The molecule has 0 amide bonds. The van der Waals surface area contributed by atoms with E-state index in [1.54, 1.807) is 0 Å². The summed E-state index contributed by atoms with van der Waals surface area (Å²) in [7, 11) is 0. The van der Waals surface area contributed by atoms with Crippen molar-refractivity contribution in [1.82, 2.24) is 0 Å². The zero-order valence-electron chi connectivity index (χ0n) is 11.9. The van der Waals surface area contributed by atoms with E-state index in [4.69, 9.17) is 0 Å². The summed E-state index contributed by atoms with van der Waals surface area (Å²) in [6, 6.07) is 0. The SMILES string of the molecule is OC1C2C3CCCC3CCC2C2CCCCC2[C@H]1O. The van der Waals surface area contributed by atoms with Crippen molar-refractivity contribution in [3.8, 4) is 0 Å². The van der Waals surface area contributed by atoms with Gasteiger partial charge in [0.05, 0.1) is 12.2 Å². The molecule has 0 heterocycles. The minimum atomic E-state index is -0.425. The Morgan fingerprint density at radius 3 is 2.11 bits per heavy atom. The molecule has 0 aliphatic heterocycles. The third-order valence-corrected chi connectivity index (χ3v) is 7.19. The van der Waals surface area contributed by atoms with Gasteiger partial charge in [0, 0.05) is 0 Å². The normalized spacial score (nSPS) is 57.2. The van der Waals surface area contributed by atoms with E-state index in [0.29, 0.717) is 11.8 Å². The molecule has 8 atom stereocenters. The molecule has 108 valence electrons. The van der Waals surface area contributed by atoms with Crippen molar-refractivity contribution < 1.29 is 10.2 Å². The first-order chi connectivity index (χ1) is 9.27. The molecule has 0 radical (unpaired) electrons. The van der Waals surface area contributed by atoms with Crippen LogP contribution >= 0.6 is 0 Å². The van der Waals surface area contributed by atoms with Crippen LogP contribution in [-0.2, 0) is 0 Å². The molecule has 4 rings (SSSR count). The minimum absolute atomic E-state index is 0.406. The zero-order chi connectivity index (χ0) is 13.0. The van der Waals surface area contributed by atoms with Gasteiger partial charge in [0.25, 0.3) is 0 Å². The van der Waals surface area contributed by atoms with E-state index in [9.17, 15) is 10.2 Å². The summed E-state index contributed by atoms with van der Waals surface area (Å²) >= 11 is 0. The third-order valence-electron chi connectivity index (χ3n) is 7.19. The highest BCUT2D eigenvalue weighted by Gasteiger charge is 2.55. The maximum atomic E-state index is 10.7. The number of hydrogen-bond donors (Lipinski definition) is 2. The molecule has 0 bridgehead atoms. The van der Waals surface area contributed by atoms with Crippen LogP contribution in [0.4, 0.5) is 0 Å². The molecule has 2 N–H and O–H groups in total. The first-order valence-electron chi connectivity index (χ1n) is 8.63. The molecule has 0 aromatic rings. The molecule has 19 heavy (non-hydrogen) atoms. The Morgan fingerprint density at radius 2 is 1.26 bits per heavy atom. The van der Waals surface area contributed by atoms with Gasteiger partial charge in [-0.25, -0.2) is 0 Å². The highest BCUT2D eigenvalue weighted by Crippen LogP contribution is 2.57. The molecule has 4 saturated carbocycles. The van der Waals surface area contributed by atoms with Crippen molar-refractivity contribution in [2.24, 2.45) is 35.5 Å². The van der Waals surface area contributed by atoms with E-state index < -0.39 is 12.2 Å². The fourth-order valence-electron chi connectivity index (χ4n) is 6.48. The number of rotatable bonds is 0. The molecule has 4 aliphatic rings. The van der Waals surface area contributed by atoms with Gasteiger partial charge >= 0.3 is 0 Å². The van der Waals surface area contributed by atoms with Crippen LogP contribution in [0.2, 0.25) is 0 Å². The van der Waals surface area contributed by atoms with Crippen LogP contribution in [-0.4, -0.2) is 22.4 Å². The van der Waals surface area contributed by atoms with Crippen molar-refractivity contribution in [2.75, 3.05) is 0 Å². The molecule has 0 spiro atoms. The van der Waals surface area contributed by atoms with Crippen LogP contribution in [0.25, 0.3) is 0 Å². The topological polar surface area (TPSA) is 40.5 Å². The number of fused-ring (bicyclic) bond motifs is 5. The van der Waals surface area contributed by atoms with Crippen molar-refractivity contribution in [2.45, 2.75) is 70.0 Å². The second-order valence-electron chi connectivity index (χ2n) is 7.77. The van der Waals surface area contributed by atoms with E-state index in [2.05, 4.69) is 0 Å². The standard InChI is InChI=1S/C17H28O2/c18-16-14-6-2-1-5-12(14)13-9-8-10-4-3-7-11(10)15(13)17(16)19/h10-19H,1-9H2/t10?,11?,12?,13?,14?,15?,16-,17?/m1/s1. The predicted molar refractivity (Wildman–Crippen MR) is 74.5 cm³/mol. The molecule has 0 aromatic heterocycles. The number of hydrogen-bond acceptors (Lipinski definition) is 2. The molecule has 0 aromatic carbocycles. The summed E-state index contributed by atoms with van der Waals surface area (Å²) < 4.78 is 0. The number of aliphatic hydroxyl groups excluding tert-OH is 2. The smallest absolute Gasteiger partial charge is 0.0835 e. The Kier molecular flexibility index (Phi) is 3.15.